The molecule has 2 aliphatic rings. The van der Waals surface area contributed by atoms with Crippen molar-refractivity contribution >= 4 is 6.03 Å². The molecule has 1 fully saturated rings. The molecule has 1 aromatic heterocycles. The van der Waals surface area contributed by atoms with Gasteiger partial charge in [-0.2, -0.15) is 0 Å². The minimum atomic E-state index is 0.0131. The maximum absolute atomic E-state index is 12.5. The predicted molar refractivity (Wildman–Crippen MR) is 105 cm³/mol. The second kappa shape index (κ2) is 8.48. The fourth-order valence-electron chi connectivity index (χ4n) is 3.63. The summed E-state index contributed by atoms with van der Waals surface area (Å²) < 4.78 is 10.8. The molecule has 7 nitrogen and oxygen atoms in total. The van der Waals surface area contributed by atoms with Gasteiger partial charge in [0.15, 0.2) is 11.5 Å². The number of pyridine rings is 1. The highest BCUT2D eigenvalue weighted by molar-refractivity contribution is 5.74. The van der Waals surface area contributed by atoms with Crippen LogP contribution in [0.15, 0.2) is 42.7 Å². The number of hydrogen-bond donors (Lipinski definition) is 1. The van der Waals surface area contributed by atoms with Gasteiger partial charge in [-0.05, 0) is 42.7 Å². The number of urea groups is 1. The SMILES string of the molecule is C[C@H](Cc1cccnc1)NC(=O)N1CCN(Cc2ccc3c(c2)OCO3)CC1. The zero-order valence-electron chi connectivity index (χ0n) is 16.1. The van der Waals surface area contributed by atoms with E-state index in [0.717, 1.165) is 56.2 Å². The van der Waals surface area contributed by atoms with Gasteiger partial charge in [0.2, 0.25) is 6.79 Å². The van der Waals surface area contributed by atoms with Crippen molar-refractivity contribution in [1.82, 2.24) is 20.1 Å². The van der Waals surface area contributed by atoms with Gasteiger partial charge >= 0.3 is 6.03 Å². The lowest BCUT2D eigenvalue weighted by molar-refractivity contribution is 0.133. The maximum atomic E-state index is 12.5. The molecule has 2 amide bonds. The third-order valence-corrected chi connectivity index (χ3v) is 5.14. The largest absolute Gasteiger partial charge is 0.454 e. The van der Waals surface area contributed by atoms with E-state index in [1.54, 1.807) is 6.20 Å². The van der Waals surface area contributed by atoms with Crippen LogP contribution in [0.25, 0.3) is 0 Å². The maximum Gasteiger partial charge on any atom is 0.317 e. The van der Waals surface area contributed by atoms with Crippen LogP contribution in [-0.2, 0) is 13.0 Å². The van der Waals surface area contributed by atoms with Gasteiger partial charge in [0.25, 0.3) is 0 Å². The molecule has 1 N–H and O–H groups in total. The molecule has 1 aromatic carbocycles. The number of piperazine rings is 1. The number of aromatic nitrogens is 1. The first-order valence-corrected chi connectivity index (χ1v) is 9.72. The van der Waals surface area contributed by atoms with Gasteiger partial charge in [0.05, 0.1) is 0 Å². The first kappa shape index (κ1) is 18.6. The average Bonchev–Trinajstić information content (AvgIpc) is 3.17. The van der Waals surface area contributed by atoms with E-state index in [1.807, 2.05) is 42.3 Å². The number of nitrogens with zero attached hydrogens (tertiary/aromatic N) is 3. The van der Waals surface area contributed by atoms with Gasteiger partial charge in [0, 0.05) is 51.2 Å². The lowest BCUT2D eigenvalue weighted by Crippen LogP contribution is -2.53. The molecule has 2 aromatic rings. The summed E-state index contributed by atoms with van der Waals surface area (Å²) in [5.74, 6) is 1.63. The summed E-state index contributed by atoms with van der Waals surface area (Å²) in [5.41, 5.74) is 2.33. The smallest absolute Gasteiger partial charge is 0.317 e. The van der Waals surface area contributed by atoms with Gasteiger partial charge in [-0.25, -0.2) is 4.79 Å². The average molecular weight is 382 g/mol. The molecular weight excluding hydrogens is 356 g/mol. The van der Waals surface area contributed by atoms with Crippen LogP contribution in [0.2, 0.25) is 0 Å². The third-order valence-electron chi connectivity index (χ3n) is 5.14. The second-order valence-electron chi connectivity index (χ2n) is 7.37. The Labute approximate surface area is 165 Å². The van der Waals surface area contributed by atoms with Crippen LogP contribution in [0.3, 0.4) is 0 Å². The quantitative estimate of drug-likeness (QED) is 0.859. The highest BCUT2D eigenvalue weighted by Gasteiger charge is 2.23. The van der Waals surface area contributed by atoms with E-state index in [0.29, 0.717) is 6.79 Å². The monoisotopic (exact) mass is 382 g/mol. The first-order valence-electron chi connectivity index (χ1n) is 9.72. The Kier molecular flexibility index (Phi) is 5.62. The van der Waals surface area contributed by atoms with Gasteiger partial charge in [-0.1, -0.05) is 12.1 Å². The number of nitrogens with one attached hydrogen (secondary N) is 1. The minimum Gasteiger partial charge on any atom is -0.454 e. The van der Waals surface area contributed by atoms with Crippen molar-refractivity contribution in [2.75, 3.05) is 33.0 Å². The van der Waals surface area contributed by atoms with Crippen molar-refractivity contribution < 1.29 is 14.3 Å². The Morgan fingerprint density at radius 3 is 2.75 bits per heavy atom. The van der Waals surface area contributed by atoms with Gasteiger partial charge in [-0.15, -0.1) is 0 Å². The summed E-state index contributed by atoms with van der Waals surface area (Å²) >= 11 is 0. The predicted octanol–water partition coefficient (Wildman–Crippen LogP) is 2.27. The van der Waals surface area contributed by atoms with Crippen molar-refractivity contribution in [3.63, 3.8) is 0 Å². The van der Waals surface area contributed by atoms with E-state index in [2.05, 4.69) is 21.3 Å². The number of carbonyl (C=O) groups is 1. The van der Waals surface area contributed by atoms with Crippen LogP contribution >= 0.6 is 0 Å². The standard InChI is InChI=1S/C21H26N4O3/c1-16(11-17-3-2-6-22-13-17)23-21(26)25-9-7-24(8-10-25)14-18-4-5-19-20(12-18)28-15-27-19/h2-6,12-13,16H,7-11,14-15H2,1H3,(H,23,26)/t16-/m1/s1. The molecule has 0 aliphatic carbocycles. The van der Waals surface area contributed by atoms with Crippen molar-refractivity contribution in [2.45, 2.75) is 25.9 Å². The van der Waals surface area contributed by atoms with Crippen LogP contribution in [0.5, 0.6) is 11.5 Å². The van der Waals surface area contributed by atoms with Crippen LogP contribution in [0.1, 0.15) is 18.1 Å². The van der Waals surface area contributed by atoms with E-state index in [9.17, 15) is 4.79 Å². The zero-order chi connectivity index (χ0) is 19.3. The molecular formula is C21H26N4O3. The number of rotatable bonds is 5. The van der Waals surface area contributed by atoms with Crippen LogP contribution in [0, 0.1) is 0 Å². The molecule has 2 aliphatic heterocycles. The Bertz CT molecular complexity index is 807. The van der Waals surface area contributed by atoms with Gasteiger partial charge in [0.1, 0.15) is 0 Å². The Morgan fingerprint density at radius 1 is 1.14 bits per heavy atom. The molecule has 3 heterocycles. The lowest BCUT2D eigenvalue weighted by Gasteiger charge is -2.35. The molecule has 1 atom stereocenters. The van der Waals surface area contributed by atoms with E-state index < -0.39 is 0 Å². The molecule has 4 rings (SSSR count). The van der Waals surface area contributed by atoms with Gasteiger partial charge < -0.3 is 19.7 Å². The number of hydrogen-bond acceptors (Lipinski definition) is 5. The van der Waals surface area contributed by atoms with E-state index >= 15 is 0 Å². The first-order chi connectivity index (χ1) is 13.7. The number of fused-ring (bicyclic) bond motifs is 1. The number of benzene rings is 1. The highest BCUT2D eigenvalue weighted by Crippen LogP contribution is 2.32. The topological polar surface area (TPSA) is 66.9 Å². The number of carbonyl (C=O) groups excluding carboxylic acids is 1. The van der Waals surface area contributed by atoms with Crippen molar-refractivity contribution in [2.24, 2.45) is 0 Å². The fourth-order valence-corrected chi connectivity index (χ4v) is 3.63. The third kappa shape index (κ3) is 4.54. The Morgan fingerprint density at radius 2 is 1.96 bits per heavy atom. The van der Waals surface area contributed by atoms with E-state index in [1.165, 1.54) is 5.56 Å². The fraction of sp³-hybridized carbons (Fsp3) is 0.429. The summed E-state index contributed by atoms with van der Waals surface area (Å²) in [6, 6.07) is 10.1. The molecule has 0 saturated carbocycles. The summed E-state index contributed by atoms with van der Waals surface area (Å²) in [4.78, 5) is 20.9. The molecule has 1 saturated heterocycles. The number of amides is 2. The molecule has 148 valence electrons. The molecule has 28 heavy (non-hydrogen) atoms. The Hall–Kier alpha value is -2.80. The molecule has 0 spiro atoms. The zero-order valence-corrected chi connectivity index (χ0v) is 16.1. The van der Waals surface area contributed by atoms with Crippen molar-refractivity contribution in [1.29, 1.82) is 0 Å². The van der Waals surface area contributed by atoms with E-state index in [-0.39, 0.29) is 12.1 Å². The summed E-state index contributed by atoms with van der Waals surface area (Å²) in [6.45, 7) is 6.36. The van der Waals surface area contributed by atoms with Crippen molar-refractivity contribution in [3.05, 3.63) is 53.9 Å². The minimum absolute atomic E-state index is 0.0131. The van der Waals surface area contributed by atoms with Crippen LogP contribution < -0.4 is 14.8 Å². The molecule has 0 unspecified atom stereocenters. The lowest BCUT2D eigenvalue weighted by atomic mass is 10.1. The normalized spacial score (nSPS) is 17.4. The summed E-state index contributed by atoms with van der Waals surface area (Å²) in [6.07, 6.45) is 4.39. The Balaban J connectivity index is 1.23. The van der Waals surface area contributed by atoms with Crippen molar-refractivity contribution in [3.8, 4) is 11.5 Å². The summed E-state index contributed by atoms with van der Waals surface area (Å²) in [7, 11) is 0. The van der Waals surface area contributed by atoms with Crippen LogP contribution in [-0.4, -0.2) is 59.8 Å². The highest BCUT2D eigenvalue weighted by atomic mass is 16.7. The summed E-state index contributed by atoms with van der Waals surface area (Å²) in [5, 5.41) is 3.10. The van der Waals surface area contributed by atoms with Gasteiger partial charge in [-0.3, -0.25) is 9.88 Å². The van der Waals surface area contributed by atoms with Crippen LogP contribution in [0.4, 0.5) is 4.79 Å². The second-order valence-corrected chi connectivity index (χ2v) is 7.37. The van der Waals surface area contributed by atoms with E-state index in [4.69, 9.17) is 9.47 Å². The molecule has 0 radical (unpaired) electrons. The molecule has 0 bridgehead atoms. The number of ether oxygens (including phenoxy) is 2. The molecule has 7 heteroatoms.